The molecule has 1 amide bonds. The molecule has 15 heavy (non-hydrogen) atoms. The molecule has 3 nitrogen and oxygen atoms in total. The van der Waals surface area contributed by atoms with Crippen LogP contribution in [0.5, 0.6) is 0 Å². The van der Waals surface area contributed by atoms with Crippen molar-refractivity contribution in [1.29, 1.82) is 0 Å². The minimum Gasteiger partial charge on any atom is -0.378 e. The highest BCUT2D eigenvalue weighted by molar-refractivity contribution is 5.81. The number of alkyl halides is 3. The van der Waals surface area contributed by atoms with Crippen LogP contribution in [-0.4, -0.2) is 31.3 Å². The maximum Gasteiger partial charge on any atom is 0.471 e. The maximum atomic E-state index is 11.8. The molecule has 0 saturated carbocycles. The second kappa shape index (κ2) is 4.83. The van der Waals surface area contributed by atoms with Crippen molar-refractivity contribution in [1.82, 2.24) is 5.32 Å². The number of ether oxygens (including phenoxy) is 1. The molecule has 1 heterocycles. The Balaban J connectivity index is 2.28. The molecule has 88 valence electrons. The van der Waals surface area contributed by atoms with Gasteiger partial charge in [-0.05, 0) is 25.7 Å². The first-order chi connectivity index (χ1) is 6.89. The standard InChI is InChI=1S/C9H14F3NO2/c1-6-4-7(2-3-15-6)5-13-8(14)9(10,11)12/h6-7H,2-5H2,1H3,(H,13,14). The van der Waals surface area contributed by atoms with Crippen LogP contribution in [0, 0.1) is 5.92 Å². The van der Waals surface area contributed by atoms with Gasteiger partial charge in [-0.1, -0.05) is 0 Å². The van der Waals surface area contributed by atoms with Crippen LogP contribution in [0.15, 0.2) is 0 Å². The summed E-state index contributed by atoms with van der Waals surface area (Å²) >= 11 is 0. The lowest BCUT2D eigenvalue weighted by Gasteiger charge is -2.27. The highest BCUT2D eigenvalue weighted by Crippen LogP contribution is 2.20. The van der Waals surface area contributed by atoms with Crippen molar-refractivity contribution in [3.05, 3.63) is 0 Å². The molecule has 1 aliphatic rings. The monoisotopic (exact) mass is 225 g/mol. The van der Waals surface area contributed by atoms with E-state index in [0.717, 1.165) is 0 Å². The third-order valence-corrected chi connectivity index (χ3v) is 2.40. The molecule has 0 aromatic carbocycles. The van der Waals surface area contributed by atoms with E-state index in [9.17, 15) is 18.0 Å². The maximum absolute atomic E-state index is 11.8. The fourth-order valence-corrected chi connectivity index (χ4v) is 1.61. The van der Waals surface area contributed by atoms with Gasteiger partial charge in [0.25, 0.3) is 0 Å². The minimum atomic E-state index is -4.78. The highest BCUT2D eigenvalue weighted by Gasteiger charge is 2.38. The first kappa shape index (κ1) is 12.3. The summed E-state index contributed by atoms with van der Waals surface area (Å²) in [6.07, 6.45) is -3.33. The predicted octanol–water partition coefficient (Wildman–Crippen LogP) is 1.48. The molecule has 0 aromatic rings. The van der Waals surface area contributed by atoms with Crippen LogP contribution < -0.4 is 5.32 Å². The van der Waals surface area contributed by atoms with Crippen LogP contribution in [0.25, 0.3) is 0 Å². The topological polar surface area (TPSA) is 38.3 Å². The summed E-state index contributed by atoms with van der Waals surface area (Å²) < 4.78 is 40.8. The molecule has 1 rings (SSSR count). The number of hydrogen-bond donors (Lipinski definition) is 1. The van der Waals surface area contributed by atoms with Gasteiger partial charge in [-0.25, -0.2) is 0 Å². The first-order valence-electron chi connectivity index (χ1n) is 4.86. The number of rotatable bonds is 2. The molecule has 1 N–H and O–H groups in total. The van der Waals surface area contributed by atoms with E-state index in [0.29, 0.717) is 19.4 Å². The quantitative estimate of drug-likeness (QED) is 0.773. The molecule has 1 fully saturated rings. The Bertz CT molecular complexity index is 230. The third-order valence-electron chi connectivity index (χ3n) is 2.40. The van der Waals surface area contributed by atoms with E-state index in [1.54, 1.807) is 0 Å². The smallest absolute Gasteiger partial charge is 0.378 e. The molecule has 1 saturated heterocycles. The lowest BCUT2D eigenvalue weighted by molar-refractivity contribution is -0.173. The summed E-state index contributed by atoms with van der Waals surface area (Å²) in [6.45, 7) is 2.50. The summed E-state index contributed by atoms with van der Waals surface area (Å²) in [5.74, 6) is -1.78. The van der Waals surface area contributed by atoms with Crippen LogP contribution in [0.2, 0.25) is 0 Å². The Hall–Kier alpha value is -0.780. The number of hydrogen-bond acceptors (Lipinski definition) is 2. The van der Waals surface area contributed by atoms with E-state index in [1.807, 2.05) is 12.2 Å². The second-order valence-corrected chi connectivity index (χ2v) is 3.78. The molecule has 6 heteroatoms. The van der Waals surface area contributed by atoms with Crippen LogP contribution in [-0.2, 0) is 9.53 Å². The Labute approximate surface area is 86.0 Å². The fourth-order valence-electron chi connectivity index (χ4n) is 1.61. The van der Waals surface area contributed by atoms with Crippen molar-refractivity contribution in [2.45, 2.75) is 32.0 Å². The summed E-state index contributed by atoms with van der Waals surface area (Å²) in [5, 5.41) is 1.89. The van der Waals surface area contributed by atoms with Gasteiger partial charge in [0.05, 0.1) is 6.10 Å². The third kappa shape index (κ3) is 4.07. The Morgan fingerprint density at radius 2 is 2.20 bits per heavy atom. The van der Waals surface area contributed by atoms with Crippen LogP contribution in [0.4, 0.5) is 13.2 Å². The van der Waals surface area contributed by atoms with Gasteiger partial charge in [-0.3, -0.25) is 4.79 Å². The van der Waals surface area contributed by atoms with Crippen molar-refractivity contribution in [2.75, 3.05) is 13.2 Å². The van der Waals surface area contributed by atoms with Gasteiger partial charge in [-0.15, -0.1) is 0 Å². The minimum absolute atomic E-state index is 0.0616. The molecule has 0 aliphatic carbocycles. The van der Waals surface area contributed by atoms with E-state index in [1.165, 1.54) is 0 Å². The molecule has 2 unspecified atom stereocenters. The van der Waals surface area contributed by atoms with Gasteiger partial charge in [0.2, 0.25) is 0 Å². The average molecular weight is 225 g/mol. The SMILES string of the molecule is CC1CC(CNC(=O)C(F)(F)F)CCO1. The van der Waals surface area contributed by atoms with Gasteiger partial charge in [0.15, 0.2) is 0 Å². The average Bonchev–Trinajstić information content (AvgIpc) is 2.12. The number of amides is 1. The molecular weight excluding hydrogens is 211 g/mol. The van der Waals surface area contributed by atoms with Gasteiger partial charge < -0.3 is 10.1 Å². The second-order valence-electron chi connectivity index (χ2n) is 3.78. The molecule has 1 aliphatic heterocycles. The zero-order valence-corrected chi connectivity index (χ0v) is 8.43. The molecule has 0 radical (unpaired) electrons. The molecule has 2 atom stereocenters. The predicted molar refractivity (Wildman–Crippen MR) is 47.2 cm³/mol. The Morgan fingerprint density at radius 1 is 1.53 bits per heavy atom. The van der Waals surface area contributed by atoms with Gasteiger partial charge in [0.1, 0.15) is 0 Å². The summed E-state index contributed by atoms with van der Waals surface area (Å²) in [5.41, 5.74) is 0. The molecule has 0 aromatic heterocycles. The Kier molecular flexibility index (Phi) is 3.96. The fraction of sp³-hybridized carbons (Fsp3) is 0.889. The molecule has 0 bridgehead atoms. The van der Waals surface area contributed by atoms with E-state index in [2.05, 4.69) is 0 Å². The van der Waals surface area contributed by atoms with Crippen molar-refractivity contribution in [3.8, 4) is 0 Å². The van der Waals surface area contributed by atoms with E-state index < -0.39 is 12.1 Å². The van der Waals surface area contributed by atoms with Crippen molar-refractivity contribution >= 4 is 5.91 Å². The van der Waals surface area contributed by atoms with E-state index in [-0.39, 0.29) is 18.6 Å². The summed E-state index contributed by atoms with van der Waals surface area (Å²) in [4.78, 5) is 10.5. The van der Waals surface area contributed by atoms with Crippen molar-refractivity contribution in [2.24, 2.45) is 5.92 Å². The first-order valence-corrected chi connectivity index (χ1v) is 4.86. The van der Waals surface area contributed by atoms with E-state index in [4.69, 9.17) is 4.74 Å². The van der Waals surface area contributed by atoms with Crippen LogP contribution in [0.3, 0.4) is 0 Å². The lowest BCUT2D eigenvalue weighted by atomic mass is 9.96. The zero-order chi connectivity index (χ0) is 11.5. The molecule has 0 spiro atoms. The normalized spacial score (nSPS) is 27.5. The van der Waals surface area contributed by atoms with E-state index >= 15 is 0 Å². The van der Waals surface area contributed by atoms with Gasteiger partial charge in [0, 0.05) is 13.2 Å². The number of halogens is 3. The molecular formula is C9H14F3NO2. The van der Waals surface area contributed by atoms with Crippen LogP contribution in [0.1, 0.15) is 19.8 Å². The number of nitrogens with one attached hydrogen (secondary N) is 1. The van der Waals surface area contributed by atoms with Crippen molar-refractivity contribution < 1.29 is 22.7 Å². The summed E-state index contributed by atoms with van der Waals surface area (Å²) in [7, 11) is 0. The summed E-state index contributed by atoms with van der Waals surface area (Å²) in [6, 6.07) is 0. The number of carbonyl (C=O) groups excluding carboxylic acids is 1. The van der Waals surface area contributed by atoms with Crippen LogP contribution >= 0.6 is 0 Å². The largest absolute Gasteiger partial charge is 0.471 e. The lowest BCUT2D eigenvalue weighted by Crippen LogP contribution is -2.41. The Morgan fingerprint density at radius 3 is 2.73 bits per heavy atom. The van der Waals surface area contributed by atoms with Crippen molar-refractivity contribution in [3.63, 3.8) is 0 Å². The zero-order valence-electron chi connectivity index (χ0n) is 8.43. The van der Waals surface area contributed by atoms with Gasteiger partial charge in [-0.2, -0.15) is 13.2 Å². The highest BCUT2D eigenvalue weighted by atomic mass is 19.4. The number of carbonyl (C=O) groups is 1. The van der Waals surface area contributed by atoms with Gasteiger partial charge >= 0.3 is 12.1 Å².